The summed E-state index contributed by atoms with van der Waals surface area (Å²) in [6, 6.07) is 9.13. The molecule has 3 rings (SSSR count). The Labute approximate surface area is 136 Å². The quantitative estimate of drug-likeness (QED) is 0.936. The van der Waals surface area contributed by atoms with Crippen LogP contribution in [0.15, 0.2) is 18.2 Å². The van der Waals surface area contributed by atoms with Crippen LogP contribution in [-0.4, -0.2) is 18.5 Å². The Kier molecular flexibility index (Phi) is 4.19. The molecule has 1 N–H and O–H groups in total. The van der Waals surface area contributed by atoms with E-state index in [9.17, 15) is 5.26 Å². The van der Waals surface area contributed by atoms with Crippen molar-refractivity contribution in [3.05, 3.63) is 50.9 Å². The van der Waals surface area contributed by atoms with E-state index in [1.165, 1.54) is 27.1 Å². The summed E-state index contributed by atoms with van der Waals surface area (Å²) in [5, 5.41) is 13.5. The Balaban J connectivity index is 1.80. The zero-order valence-corrected chi connectivity index (χ0v) is 14.2. The average Bonchev–Trinajstić information content (AvgIpc) is 2.82. The predicted molar refractivity (Wildman–Crippen MR) is 92.3 cm³/mol. The molecule has 0 bridgehead atoms. The molecule has 0 saturated carbocycles. The van der Waals surface area contributed by atoms with Gasteiger partial charge in [0.1, 0.15) is 11.1 Å². The van der Waals surface area contributed by atoms with Crippen molar-refractivity contribution >= 4 is 16.3 Å². The van der Waals surface area contributed by atoms with Crippen LogP contribution in [0, 0.1) is 25.2 Å². The molecule has 2 heterocycles. The minimum Gasteiger partial charge on any atom is -0.379 e. The van der Waals surface area contributed by atoms with Gasteiger partial charge in [0.25, 0.3) is 0 Å². The summed E-state index contributed by atoms with van der Waals surface area (Å²) in [5.74, 6) is 0. The van der Waals surface area contributed by atoms with E-state index in [0.717, 1.165) is 36.6 Å². The molecule has 1 aromatic carbocycles. The fourth-order valence-electron chi connectivity index (χ4n) is 3.30. The van der Waals surface area contributed by atoms with Gasteiger partial charge in [-0.3, -0.25) is 4.90 Å². The highest BCUT2D eigenvalue weighted by Crippen LogP contribution is 2.36. The monoisotopic (exact) mass is 311 g/mol. The Morgan fingerprint density at radius 1 is 1.27 bits per heavy atom. The van der Waals surface area contributed by atoms with E-state index in [0.29, 0.717) is 0 Å². The van der Waals surface area contributed by atoms with Gasteiger partial charge >= 0.3 is 0 Å². The van der Waals surface area contributed by atoms with Gasteiger partial charge in [0.15, 0.2) is 0 Å². The lowest BCUT2D eigenvalue weighted by Gasteiger charge is -2.27. The molecule has 1 aromatic heterocycles. The van der Waals surface area contributed by atoms with Gasteiger partial charge in [-0.1, -0.05) is 29.3 Å². The Bertz CT molecular complexity index is 719. The highest BCUT2D eigenvalue weighted by atomic mass is 32.1. The van der Waals surface area contributed by atoms with Gasteiger partial charge in [-0.2, -0.15) is 5.26 Å². The van der Waals surface area contributed by atoms with Crippen LogP contribution in [0.1, 0.15) is 32.7 Å². The molecule has 0 saturated heterocycles. The number of fused-ring (bicyclic) bond motifs is 1. The summed E-state index contributed by atoms with van der Waals surface area (Å²) in [6.07, 6.45) is 0.973. The van der Waals surface area contributed by atoms with Crippen molar-refractivity contribution in [2.75, 3.05) is 18.9 Å². The molecule has 0 fully saturated rings. The molecule has 114 valence electrons. The fourth-order valence-corrected chi connectivity index (χ4v) is 4.50. The number of nitriles is 1. The van der Waals surface area contributed by atoms with E-state index >= 15 is 0 Å². The maximum atomic E-state index is 9.36. The predicted octanol–water partition coefficient (Wildman–Crippen LogP) is 3.84. The Morgan fingerprint density at radius 2 is 2.00 bits per heavy atom. The van der Waals surface area contributed by atoms with Crippen molar-refractivity contribution in [3.8, 4) is 6.07 Å². The first-order chi connectivity index (χ1) is 10.6. The molecular formula is C18H21N3S. The molecule has 4 heteroatoms. The first-order valence-corrected chi connectivity index (χ1v) is 8.44. The van der Waals surface area contributed by atoms with Crippen molar-refractivity contribution in [1.82, 2.24) is 4.90 Å². The van der Waals surface area contributed by atoms with Gasteiger partial charge in [0, 0.05) is 31.6 Å². The molecule has 0 aliphatic carbocycles. The Morgan fingerprint density at radius 3 is 2.64 bits per heavy atom. The summed E-state index contributed by atoms with van der Waals surface area (Å²) < 4.78 is 0. The third kappa shape index (κ3) is 2.87. The molecular weight excluding hydrogens is 290 g/mol. The highest BCUT2D eigenvalue weighted by molar-refractivity contribution is 7.16. The summed E-state index contributed by atoms with van der Waals surface area (Å²) in [7, 11) is 1.89. The van der Waals surface area contributed by atoms with E-state index in [2.05, 4.69) is 48.3 Å². The molecule has 0 radical (unpaired) electrons. The lowest BCUT2D eigenvalue weighted by molar-refractivity contribution is 0.248. The largest absolute Gasteiger partial charge is 0.379 e. The van der Waals surface area contributed by atoms with Gasteiger partial charge in [-0.15, -0.1) is 11.3 Å². The number of anilines is 1. The molecule has 3 nitrogen and oxygen atoms in total. The van der Waals surface area contributed by atoms with E-state index in [1.54, 1.807) is 11.3 Å². The molecule has 0 atom stereocenters. The smallest absolute Gasteiger partial charge is 0.107 e. The third-order valence-electron chi connectivity index (χ3n) is 4.16. The molecule has 0 amide bonds. The second-order valence-corrected chi connectivity index (χ2v) is 7.13. The maximum Gasteiger partial charge on any atom is 0.107 e. The number of hydrogen-bond donors (Lipinski definition) is 1. The van der Waals surface area contributed by atoms with Crippen LogP contribution in [0.4, 0.5) is 5.00 Å². The van der Waals surface area contributed by atoms with Crippen LogP contribution in [-0.2, 0) is 19.5 Å². The van der Waals surface area contributed by atoms with Crippen molar-refractivity contribution < 1.29 is 0 Å². The number of rotatable bonds is 3. The summed E-state index contributed by atoms with van der Waals surface area (Å²) in [5.41, 5.74) is 6.15. The molecule has 1 aliphatic rings. The summed E-state index contributed by atoms with van der Waals surface area (Å²) in [4.78, 5) is 3.82. The lowest BCUT2D eigenvalue weighted by Crippen LogP contribution is -2.29. The second kappa shape index (κ2) is 6.12. The Hall–Kier alpha value is -1.83. The van der Waals surface area contributed by atoms with Crippen LogP contribution < -0.4 is 5.32 Å². The van der Waals surface area contributed by atoms with E-state index < -0.39 is 0 Å². The average molecular weight is 311 g/mol. The minimum absolute atomic E-state index is 0.855. The molecule has 1 aliphatic heterocycles. The van der Waals surface area contributed by atoms with Crippen LogP contribution in [0.5, 0.6) is 0 Å². The number of thiophene rings is 1. The van der Waals surface area contributed by atoms with Crippen molar-refractivity contribution in [1.29, 1.82) is 5.26 Å². The van der Waals surface area contributed by atoms with Gasteiger partial charge in [-0.05, 0) is 31.4 Å². The number of aryl methyl sites for hydroxylation is 2. The van der Waals surface area contributed by atoms with Crippen molar-refractivity contribution in [3.63, 3.8) is 0 Å². The molecule has 0 spiro atoms. The van der Waals surface area contributed by atoms with Gasteiger partial charge in [0.2, 0.25) is 0 Å². The number of nitrogens with zero attached hydrogens (tertiary/aromatic N) is 2. The number of benzene rings is 1. The van der Waals surface area contributed by atoms with Crippen molar-refractivity contribution in [2.24, 2.45) is 0 Å². The minimum atomic E-state index is 0.855. The molecule has 2 aromatic rings. The maximum absolute atomic E-state index is 9.36. The first kappa shape index (κ1) is 15.1. The van der Waals surface area contributed by atoms with E-state index in [4.69, 9.17) is 0 Å². The van der Waals surface area contributed by atoms with Crippen LogP contribution >= 0.6 is 11.3 Å². The number of nitrogens with one attached hydrogen (secondary N) is 1. The van der Waals surface area contributed by atoms with Gasteiger partial charge < -0.3 is 5.32 Å². The standard InChI is InChI=1S/C18H21N3S/c1-12-6-13(2)8-14(7-12)10-21-5-4-15-16(9-19)18(20-3)22-17(15)11-21/h6-8,20H,4-5,10-11H2,1-3H3. The SMILES string of the molecule is CNc1sc2c(c1C#N)CCN(Cc1cc(C)cc(C)c1)C2. The zero-order valence-electron chi connectivity index (χ0n) is 13.4. The van der Waals surface area contributed by atoms with E-state index in [-0.39, 0.29) is 0 Å². The highest BCUT2D eigenvalue weighted by Gasteiger charge is 2.24. The summed E-state index contributed by atoms with van der Waals surface area (Å²) in [6.45, 7) is 7.26. The van der Waals surface area contributed by atoms with Crippen LogP contribution in [0.3, 0.4) is 0 Å². The second-order valence-electron chi connectivity index (χ2n) is 6.03. The van der Waals surface area contributed by atoms with Gasteiger partial charge in [-0.25, -0.2) is 0 Å². The zero-order chi connectivity index (χ0) is 15.7. The number of hydrogen-bond acceptors (Lipinski definition) is 4. The topological polar surface area (TPSA) is 39.1 Å². The van der Waals surface area contributed by atoms with Crippen LogP contribution in [0.2, 0.25) is 0 Å². The van der Waals surface area contributed by atoms with Crippen LogP contribution in [0.25, 0.3) is 0 Å². The lowest BCUT2D eigenvalue weighted by atomic mass is 10.0. The fraction of sp³-hybridized carbons (Fsp3) is 0.389. The first-order valence-electron chi connectivity index (χ1n) is 7.62. The molecule has 22 heavy (non-hydrogen) atoms. The van der Waals surface area contributed by atoms with Gasteiger partial charge in [0.05, 0.1) is 5.56 Å². The van der Waals surface area contributed by atoms with Crippen molar-refractivity contribution in [2.45, 2.75) is 33.4 Å². The van der Waals surface area contributed by atoms with E-state index in [1.807, 2.05) is 7.05 Å². The summed E-state index contributed by atoms with van der Waals surface area (Å²) >= 11 is 1.73. The molecule has 0 unspecified atom stereocenters. The third-order valence-corrected chi connectivity index (χ3v) is 5.40. The normalized spacial score (nSPS) is 14.5.